The highest BCUT2D eigenvalue weighted by molar-refractivity contribution is 5.96. The number of nitrogens with one attached hydrogen (secondary N) is 3. The molecule has 7 rings (SSSR count). The molecule has 0 spiro atoms. The molecule has 1 unspecified atom stereocenters. The second-order valence-corrected chi connectivity index (χ2v) is 20.1. The molecule has 0 aliphatic carbocycles. The zero-order valence-electron chi connectivity index (χ0n) is 40.3. The van der Waals surface area contributed by atoms with Crippen molar-refractivity contribution >= 4 is 34.6 Å². The van der Waals surface area contributed by atoms with E-state index in [-0.39, 0.29) is 24.7 Å². The number of hydrogen-bond acceptors (Lipinski definition) is 12. The molecular formula is C51H69F2N7O7. The summed E-state index contributed by atoms with van der Waals surface area (Å²) in [5.41, 5.74) is 11.0. The molecule has 3 aliphatic heterocycles. The van der Waals surface area contributed by atoms with Gasteiger partial charge in [-0.2, -0.15) is 0 Å². The van der Waals surface area contributed by atoms with Gasteiger partial charge in [0.15, 0.2) is 0 Å². The quantitative estimate of drug-likeness (QED) is 0.0673. The number of fused-ring (bicyclic) bond motifs is 2. The van der Waals surface area contributed by atoms with Crippen molar-refractivity contribution in [2.45, 2.75) is 136 Å². The number of alkyl halides is 2. The lowest BCUT2D eigenvalue weighted by atomic mass is 9.84. The van der Waals surface area contributed by atoms with Crippen LogP contribution in [-0.2, 0) is 43.2 Å². The predicted octanol–water partition coefficient (Wildman–Crippen LogP) is 8.03. The van der Waals surface area contributed by atoms with E-state index >= 15 is 0 Å². The van der Waals surface area contributed by atoms with Crippen LogP contribution < -0.4 is 21.1 Å². The van der Waals surface area contributed by atoms with Gasteiger partial charge in [-0.05, 0) is 125 Å². The molecule has 3 fully saturated rings. The highest BCUT2D eigenvalue weighted by Crippen LogP contribution is 2.43. The number of carbonyl (C=O) groups excluding carboxylic acids is 3. The van der Waals surface area contributed by atoms with Crippen molar-refractivity contribution in [1.82, 2.24) is 30.6 Å². The number of aryl methyl sites for hydroxylation is 1. The number of anilines is 1. The van der Waals surface area contributed by atoms with Crippen LogP contribution in [-0.4, -0.2) is 108 Å². The highest BCUT2D eigenvalue weighted by Gasteiger charge is 2.34. The largest absolute Gasteiger partial charge is 0.444 e. The number of benzene rings is 2. The molecule has 4 aromatic rings. The first-order valence-corrected chi connectivity index (χ1v) is 23.8. The van der Waals surface area contributed by atoms with Crippen molar-refractivity contribution in [2.24, 2.45) is 5.41 Å². The number of amides is 1. The molecule has 3 saturated heterocycles. The minimum atomic E-state index is -2.87. The Kier molecular flexibility index (Phi) is 15.7. The molecule has 2 aromatic carbocycles. The summed E-state index contributed by atoms with van der Waals surface area (Å²) in [4.78, 5) is 50.0. The number of aromatic nitrogens is 2. The van der Waals surface area contributed by atoms with Crippen LogP contribution >= 0.6 is 0 Å². The molecule has 4 atom stereocenters. The standard InChI is InChI=1S/C51H69F2N7O7/c1-9-60-43-16-15-33(34-21-32(22-35(24-34)46(52)53)23-42(56-49(64)67-50(3,4)5)48(63)66-47(62)41-14-12-17-55-57-41)25-38(43)40(27-51(6,7)30-61)45(60)39-26-37(28-54-44(39)31(2)65-8)59-20-19-58-18-11-10-13-36(58)29-59/h15-16,21-22,24-26,28,31,36,41-42,46,55,57,61H,9-14,17-20,23,27,29-30H2,1-8H3,(H,56,64)/t31-,36+,41?,42-/m0/s1. The highest BCUT2D eigenvalue weighted by atomic mass is 19.3. The first-order chi connectivity index (χ1) is 31.9. The van der Waals surface area contributed by atoms with E-state index in [9.17, 15) is 28.3 Å². The van der Waals surface area contributed by atoms with E-state index in [1.54, 1.807) is 33.9 Å². The Hall–Kier alpha value is -5.00. The number of pyridine rings is 1. The minimum Gasteiger partial charge on any atom is -0.444 e. The first kappa shape index (κ1) is 49.9. The maximum Gasteiger partial charge on any atom is 0.408 e. The van der Waals surface area contributed by atoms with Crippen LogP contribution in [0.4, 0.5) is 19.3 Å². The van der Waals surface area contributed by atoms with Crippen molar-refractivity contribution in [3.8, 4) is 22.4 Å². The second kappa shape index (κ2) is 21.1. The molecule has 16 heteroatoms. The topological polar surface area (TPSA) is 160 Å². The smallest absolute Gasteiger partial charge is 0.408 e. The average Bonchev–Trinajstić information content (AvgIpc) is 3.61. The van der Waals surface area contributed by atoms with Gasteiger partial charge in [0.25, 0.3) is 6.43 Å². The van der Waals surface area contributed by atoms with Crippen LogP contribution in [0.2, 0.25) is 0 Å². The van der Waals surface area contributed by atoms with E-state index < -0.39 is 47.6 Å². The Morgan fingerprint density at radius 3 is 2.46 bits per heavy atom. The summed E-state index contributed by atoms with van der Waals surface area (Å²) in [7, 11) is 1.68. The van der Waals surface area contributed by atoms with Crippen LogP contribution in [0.5, 0.6) is 0 Å². The zero-order valence-corrected chi connectivity index (χ0v) is 40.3. The fourth-order valence-electron chi connectivity index (χ4n) is 9.69. The zero-order chi connectivity index (χ0) is 48.2. The van der Waals surface area contributed by atoms with Crippen LogP contribution in [0.1, 0.15) is 115 Å². The number of ether oxygens (including phenoxy) is 3. The third-order valence-electron chi connectivity index (χ3n) is 13.2. The Balaban J connectivity index is 1.32. The number of piperidine rings is 1. The number of esters is 2. The minimum absolute atomic E-state index is 0.0728. The van der Waals surface area contributed by atoms with Crippen molar-refractivity contribution in [2.75, 3.05) is 51.3 Å². The van der Waals surface area contributed by atoms with Gasteiger partial charge in [0.05, 0.1) is 29.4 Å². The molecule has 5 heterocycles. The molecular weight excluding hydrogens is 861 g/mol. The first-order valence-electron chi connectivity index (χ1n) is 23.8. The SMILES string of the molecule is CCn1c(-c2cc(N3CCN4CCCC[C@@H]4C3)cnc2[C@H](C)OC)c(CC(C)(C)CO)c2cc(-c3cc(C[C@H](NC(=O)OC(C)(C)C)C(=O)OC(=O)C4CCCNN4)cc(C(F)F)c3)ccc21. The Morgan fingerprint density at radius 1 is 0.985 bits per heavy atom. The summed E-state index contributed by atoms with van der Waals surface area (Å²) >= 11 is 0. The maximum absolute atomic E-state index is 14.8. The van der Waals surface area contributed by atoms with Crippen molar-refractivity contribution < 1.29 is 42.5 Å². The monoisotopic (exact) mass is 930 g/mol. The van der Waals surface area contributed by atoms with Gasteiger partial charge < -0.3 is 34.1 Å². The number of hydrazine groups is 1. The molecule has 1 amide bonds. The number of aliphatic hydroxyl groups is 1. The van der Waals surface area contributed by atoms with Crippen molar-refractivity contribution in [3.05, 3.63) is 71.0 Å². The number of aliphatic hydroxyl groups excluding tert-OH is 1. The fourth-order valence-corrected chi connectivity index (χ4v) is 9.69. The van der Waals surface area contributed by atoms with Crippen molar-refractivity contribution in [1.29, 1.82) is 0 Å². The average molecular weight is 930 g/mol. The van der Waals surface area contributed by atoms with Gasteiger partial charge in [0.2, 0.25) is 0 Å². The molecule has 3 aliphatic rings. The second-order valence-electron chi connectivity index (χ2n) is 20.1. The Morgan fingerprint density at radius 2 is 1.78 bits per heavy atom. The van der Waals surface area contributed by atoms with E-state index in [4.69, 9.17) is 19.2 Å². The molecule has 0 saturated carbocycles. The van der Waals surface area contributed by atoms with Crippen molar-refractivity contribution in [3.63, 3.8) is 0 Å². The number of piperazine rings is 1. The molecule has 364 valence electrons. The summed E-state index contributed by atoms with van der Waals surface area (Å²) in [5.74, 6) is -1.87. The normalized spacial score (nSPS) is 19.3. The van der Waals surface area contributed by atoms with Crippen LogP contribution in [0, 0.1) is 5.41 Å². The lowest BCUT2D eigenvalue weighted by molar-refractivity contribution is -0.163. The predicted molar refractivity (Wildman–Crippen MR) is 255 cm³/mol. The van der Waals surface area contributed by atoms with E-state index in [2.05, 4.69) is 43.5 Å². The lowest BCUT2D eigenvalue weighted by Crippen LogP contribution is -2.54. The summed E-state index contributed by atoms with van der Waals surface area (Å²) in [6.07, 6.45) is 2.81. The molecule has 0 bridgehead atoms. The molecule has 0 radical (unpaired) electrons. The number of nitrogens with zero attached hydrogens (tertiary/aromatic N) is 4. The third-order valence-corrected chi connectivity index (χ3v) is 13.2. The van der Waals surface area contributed by atoms with Gasteiger partial charge in [-0.1, -0.05) is 38.5 Å². The van der Waals surface area contributed by atoms with Gasteiger partial charge in [-0.25, -0.2) is 28.6 Å². The van der Waals surface area contributed by atoms with E-state index in [1.165, 1.54) is 31.4 Å². The molecule has 2 aromatic heterocycles. The van der Waals surface area contributed by atoms with Gasteiger partial charge in [-0.15, -0.1) is 0 Å². The number of methoxy groups -OCH3 is 1. The molecule has 14 nitrogen and oxygen atoms in total. The van der Waals surface area contributed by atoms with E-state index in [0.29, 0.717) is 55.1 Å². The Labute approximate surface area is 393 Å². The van der Waals surface area contributed by atoms with Gasteiger partial charge >= 0.3 is 18.0 Å². The Bertz CT molecular complexity index is 2410. The number of hydrogen-bond donors (Lipinski definition) is 4. The lowest BCUT2D eigenvalue weighted by Gasteiger charge is -2.45. The number of rotatable bonds is 15. The summed E-state index contributed by atoms with van der Waals surface area (Å²) in [6.45, 7) is 18.3. The number of halogens is 2. The number of carbonyl (C=O) groups is 3. The van der Waals surface area contributed by atoms with Gasteiger partial charge in [-0.3, -0.25) is 15.3 Å². The van der Waals surface area contributed by atoms with Crippen LogP contribution in [0.15, 0.2) is 48.7 Å². The molecule has 4 N–H and O–H groups in total. The maximum atomic E-state index is 14.8. The summed E-state index contributed by atoms with van der Waals surface area (Å²) < 4.78 is 48.6. The fraction of sp³-hybridized carbons (Fsp3) is 0.569. The van der Waals surface area contributed by atoms with E-state index in [0.717, 1.165) is 65.3 Å². The number of alkyl carbamates (subject to hydrolysis) is 1. The van der Waals surface area contributed by atoms with Crippen LogP contribution in [0.25, 0.3) is 33.3 Å². The van der Waals surface area contributed by atoms with Gasteiger partial charge in [0, 0.05) is 80.9 Å². The summed E-state index contributed by atoms with van der Waals surface area (Å²) in [6, 6.07) is 10.9. The molecule has 67 heavy (non-hydrogen) atoms. The van der Waals surface area contributed by atoms with Crippen LogP contribution in [0.3, 0.4) is 0 Å². The third kappa shape index (κ3) is 11.8. The van der Waals surface area contributed by atoms with Gasteiger partial charge in [0.1, 0.15) is 17.7 Å². The van der Waals surface area contributed by atoms with E-state index in [1.807, 2.05) is 45.2 Å². The summed E-state index contributed by atoms with van der Waals surface area (Å²) in [5, 5.41) is 14.1.